The van der Waals surface area contributed by atoms with Crippen LogP contribution in [0.4, 0.5) is 0 Å². The largest absolute Gasteiger partial charge is 0.454 e. The molecule has 19 heavy (non-hydrogen) atoms. The molecule has 0 bridgehead atoms. The minimum absolute atomic E-state index is 0.476. The van der Waals surface area contributed by atoms with Crippen molar-refractivity contribution in [2.75, 3.05) is 13.2 Å². The van der Waals surface area contributed by atoms with E-state index in [-0.39, 0.29) is 0 Å². The van der Waals surface area contributed by atoms with Crippen LogP contribution >= 0.6 is 11.6 Å². The molecule has 5 heteroatoms. The maximum atomic E-state index is 5.80. The smallest absolute Gasteiger partial charge is 0.217 e. The van der Waals surface area contributed by atoms with Gasteiger partial charge < -0.3 is 13.9 Å². The fourth-order valence-corrected chi connectivity index (χ4v) is 1.77. The van der Waals surface area contributed by atoms with Crippen LogP contribution in [-0.4, -0.2) is 18.2 Å². The maximum absolute atomic E-state index is 5.80. The van der Waals surface area contributed by atoms with Crippen LogP contribution in [0.3, 0.4) is 0 Å². The minimum atomic E-state index is -0.476. The molecule has 0 aliphatic rings. The predicted molar refractivity (Wildman–Crippen MR) is 72.9 cm³/mol. The first-order valence-electron chi connectivity index (χ1n) is 6.19. The molecule has 102 valence electrons. The number of hydrogen-bond donors (Lipinski definition) is 0. The molecule has 0 spiro atoms. The monoisotopic (exact) mass is 281 g/mol. The van der Waals surface area contributed by atoms with Gasteiger partial charge in [0.2, 0.25) is 6.29 Å². The number of ether oxygens (including phenoxy) is 2. The Balaban J connectivity index is 2.19. The number of pyridine rings is 1. The van der Waals surface area contributed by atoms with E-state index in [0.717, 1.165) is 5.69 Å². The third kappa shape index (κ3) is 3.56. The topological polar surface area (TPSA) is 44.5 Å². The molecule has 0 unspecified atom stereocenters. The highest BCUT2D eigenvalue weighted by Gasteiger charge is 2.16. The maximum Gasteiger partial charge on any atom is 0.217 e. The number of aromatic nitrogens is 1. The summed E-state index contributed by atoms with van der Waals surface area (Å²) in [7, 11) is 0. The van der Waals surface area contributed by atoms with Crippen LogP contribution in [0.1, 0.15) is 25.9 Å². The molecule has 0 N–H and O–H groups in total. The van der Waals surface area contributed by atoms with Crippen LogP contribution in [0.15, 0.2) is 34.9 Å². The van der Waals surface area contributed by atoms with Gasteiger partial charge in [-0.1, -0.05) is 11.6 Å². The Labute approximate surface area is 117 Å². The van der Waals surface area contributed by atoms with Gasteiger partial charge in [0.15, 0.2) is 11.5 Å². The summed E-state index contributed by atoms with van der Waals surface area (Å²) in [6.07, 6.45) is 1.11. The van der Waals surface area contributed by atoms with E-state index in [1.165, 1.54) is 0 Å². The zero-order valence-electron chi connectivity index (χ0n) is 10.9. The summed E-state index contributed by atoms with van der Waals surface area (Å²) < 4.78 is 16.7. The molecule has 2 aromatic heterocycles. The molecule has 0 saturated heterocycles. The van der Waals surface area contributed by atoms with Crippen molar-refractivity contribution in [1.29, 1.82) is 0 Å². The highest BCUT2D eigenvalue weighted by atomic mass is 35.5. The standard InChI is InChI=1S/C14H16ClNO3/c1-3-17-14(18-4-2)13-8-7-12(19-13)11-6-5-10(15)9-16-11/h5-9,14H,3-4H2,1-2H3. The molecule has 0 fully saturated rings. The Hall–Kier alpha value is -1.36. The van der Waals surface area contributed by atoms with Crippen molar-refractivity contribution in [2.24, 2.45) is 0 Å². The van der Waals surface area contributed by atoms with E-state index in [4.69, 9.17) is 25.5 Å². The van der Waals surface area contributed by atoms with Gasteiger partial charge >= 0.3 is 0 Å². The Morgan fingerprint density at radius 3 is 2.47 bits per heavy atom. The first kappa shape index (κ1) is 14.1. The van der Waals surface area contributed by atoms with Crippen molar-refractivity contribution in [3.63, 3.8) is 0 Å². The highest BCUT2D eigenvalue weighted by Crippen LogP contribution is 2.27. The van der Waals surface area contributed by atoms with Crippen molar-refractivity contribution in [1.82, 2.24) is 4.98 Å². The average Bonchev–Trinajstić information content (AvgIpc) is 2.89. The number of rotatable bonds is 6. The third-order valence-electron chi connectivity index (χ3n) is 2.48. The minimum Gasteiger partial charge on any atom is -0.454 e. The van der Waals surface area contributed by atoms with Gasteiger partial charge in [0.25, 0.3) is 0 Å². The van der Waals surface area contributed by atoms with Gasteiger partial charge in [-0.25, -0.2) is 0 Å². The van der Waals surface area contributed by atoms with Gasteiger partial charge in [0.05, 0.1) is 5.02 Å². The summed E-state index contributed by atoms with van der Waals surface area (Å²) in [5, 5.41) is 0.594. The van der Waals surface area contributed by atoms with Gasteiger partial charge in [0.1, 0.15) is 5.69 Å². The second-order valence-electron chi connectivity index (χ2n) is 3.81. The summed E-state index contributed by atoms with van der Waals surface area (Å²) in [6, 6.07) is 7.26. The molecule has 0 atom stereocenters. The van der Waals surface area contributed by atoms with Gasteiger partial charge in [-0.15, -0.1) is 0 Å². The first-order valence-corrected chi connectivity index (χ1v) is 6.57. The zero-order valence-corrected chi connectivity index (χ0v) is 11.7. The van der Waals surface area contributed by atoms with E-state index < -0.39 is 6.29 Å². The molecule has 2 rings (SSSR count). The van der Waals surface area contributed by atoms with E-state index in [0.29, 0.717) is 29.8 Å². The van der Waals surface area contributed by atoms with Crippen molar-refractivity contribution < 1.29 is 13.9 Å². The van der Waals surface area contributed by atoms with Crippen LogP contribution in [0, 0.1) is 0 Å². The van der Waals surface area contributed by atoms with Crippen LogP contribution in [0.2, 0.25) is 5.02 Å². The van der Waals surface area contributed by atoms with Crippen LogP contribution in [0.5, 0.6) is 0 Å². The van der Waals surface area contributed by atoms with Crippen LogP contribution in [0.25, 0.3) is 11.5 Å². The number of furan rings is 1. The summed E-state index contributed by atoms with van der Waals surface area (Å²) in [5.41, 5.74) is 0.724. The van der Waals surface area contributed by atoms with E-state index in [1.54, 1.807) is 18.3 Å². The molecule has 0 aliphatic carbocycles. The van der Waals surface area contributed by atoms with Crippen molar-refractivity contribution in [3.05, 3.63) is 41.2 Å². The van der Waals surface area contributed by atoms with Gasteiger partial charge in [-0.05, 0) is 38.1 Å². The predicted octanol–water partition coefficient (Wildman–Crippen LogP) is 4.07. The summed E-state index contributed by atoms with van der Waals surface area (Å²) in [4.78, 5) is 4.21. The van der Waals surface area contributed by atoms with E-state index in [9.17, 15) is 0 Å². The molecule has 0 aromatic carbocycles. The third-order valence-corrected chi connectivity index (χ3v) is 2.70. The molecule has 0 radical (unpaired) electrons. The lowest BCUT2D eigenvalue weighted by molar-refractivity contribution is -0.150. The average molecular weight is 282 g/mol. The van der Waals surface area contributed by atoms with E-state index in [1.807, 2.05) is 26.0 Å². The van der Waals surface area contributed by atoms with E-state index in [2.05, 4.69) is 4.98 Å². The second-order valence-corrected chi connectivity index (χ2v) is 4.24. The van der Waals surface area contributed by atoms with Crippen molar-refractivity contribution in [3.8, 4) is 11.5 Å². The number of halogens is 1. The Morgan fingerprint density at radius 1 is 1.16 bits per heavy atom. The fraction of sp³-hybridized carbons (Fsp3) is 0.357. The molecule has 0 saturated carbocycles. The number of nitrogens with zero attached hydrogens (tertiary/aromatic N) is 1. The zero-order chi connectivity index (χ0) is 13.7. The fourth-order valence-electron chi connectivity index (χ4n) is 1.65. The SMILES string of the molecule is CCOC(OCC)c1ccc(-c2ccc(Cl)cn2)o1. The highest BCUT2D eigenvalue weighted by molar-refractivity contribution is 6.30. The Bertz CT molecular complexity index is 504. The molecular formula is C14H16ClNO3. The van der Waals surface area contributed by atoms with Gasteiger partial charge in [-0.3, -0.25) is 4.98 Å². The van der Waals surface area contributed by atoms with Crippen molar-refractivity contribution in [2.45, 2.75) is 20.1 Å². The Morgan fingerprint density at radius 2 is 1.89 bits per heavy atom. The van der Waals surface area contributed by atoms with Gasteiger partial charge in [-0.2, -0.15) is 0 Å². The molecule has 0 amide bonds. The Kier molecular flexibility index (Phi) is 4.96. The molecule has 0 aliphatic heterocycles. The van der Waals surface area contributed by atoms with E-state index >= 15 is 0 Å². The lowest BCUT2D eigenvalue weighted by Gasteiger charge is -2.13. The first-order chi connectivity index (χ1) is 9.24. The summed E-state index contributed by atoms with van der Waals surface area (Å²) in [5.74, 6) is 1.30. The summed E-state index contributed by atoms with van der Waals surface area (Å²) >= 11 is 5.80. The molecule has 2 heterocycles. The molecule has 2 aromatic rings. The van der Waals surface area contributed by atoms with Gasteiger partial charge in [0, 0.05) is 19.4 Å². The lowest BCUT2D eigenvalue weighted by atomic mass is 10.3. The quantitative estimate of drug-likeness (QED) is 0.749. The van der Waals surface area contributed by atoms with Crippen molar-refractivity contribution >= 4 is 11.6 Å². The normalized spacial score (nSPS) is 11.2. The lowest BCUT2D eigenvalue weighted by Crippen LogP contribution is -2.07. The second kappa shape index (κ2) is 6.70. The van der Waals surface area contributed by atoms with Crippen LogP contribution < -0.4 is 0 Å². The molecular weight excluding hydrogens is 266 g/mol. The summed E-state index contributed by atoms with van der Waals surface area (Å²) in [6.45, 7) is 4.94. The number of hydrogen-bond acceptors (Lipinski definition) is 4. The molecule has 4 nitrogen and oxygen atoms in total. The van der Waals surface area contributed by atoms with Crippen LogP contribution in [-0.2, 0) is 9.47 Å².